The number of halogens is 1. The standard InChI is InChI=1S/C36H37NO7S.C31H31BrO4S.C5H7NO3.CH2O3.CH4.2K.H/c1-23-6-7-26(20-24(23)2)36(3,4)27-8-17-32(25(21-27)22-35(39)44-34-19-18-33(38)37-34)43-29-11-15-31(16-12-29)45(40,41)30-13-9-28(42-5)10-14-30;1-21-6-7-24(18-22(21)2)31(3,4)25-8-17-30(23(19-25)20-32)36-27-11-15-29(16-12-27)37(33,34)28-13-9-26(35-5)10-14-28;7-4-2-1-3(6-4)5(8)9;2-1-4-3;;;;/h6-17,20-21,34H,18-19,22H2,1-5H3,(H,37,38);6-19H,20H2,1-5H3;3H,1-2H2,(H,6,7)(H,8,9);1,3H;1H4;;;/q;;;;;2*+1;-1/p-1. The largest absolute Gasteiger partial charge is 1.00 e. The molecule has 2 heterocycles. The summed E-state index contributed by atoms with van der Waals surface area (Å²) < 4.78 is 80.5. The zero-order valence-corrected chi connectivity index (χ0v) is 65.8. The van der Waals surface area contributed by atoms with Gasteiger partial charge in [-0.25, -0.2) is 21.6 Å². The van der Waals surface area contributed by atoms with Crippen LogP contribution in [0.4, 0.5) is 0 Å². The third-order valence-electron chi connectivity index (χ3n) is 16.5. The van der Waals surface area contributed by atoms with Crippen LogP contribution in [0.15, 0.2) is 189 Å². The van der Waals surface area contributed by atoms with E-state index in [-0.39, 0.29) is 167 Å². The van der Waals surface area contributed by atoms with Crippen LogP contribution < -0.4 is 138 Å². The predicted molar refractivity (Wildman–Crippen MR) is 366 cm³/mol. The smallest absolute Gasteiger partial charge is 1.00 e. The first-order chi connectivity index (χ1) is 45.0. The van der Waals surface area contributed by atoms with Crippen LogP contribution >= 0.6 is 15.9 Å². The molecule has 8 aromatic carbocycles. The molecule has 2 saturated heterocycles. The van der Waals surface area contributed by atoms with Gasteiger partial charge in [-0.3, -0.25) is 19.2 Å². The van der Waals surface area contributed by atoms with Crippen LogP contribution in [-0.2, 0) is 75.9 Å². The van der Waals surface area contributed by atoms with E-state index in [4.69, 9.17) is 38.8 Å². The number of methoxy groups -OCH3 is 2. The second-order valence-corrected chi connectivity index (χ2v) is 28.0. The Hall–Kier alpha value is -6.08. The molecule has 19 nitrogen and oxygen atoms in total. The summed E-state index contributed by atoms with van der Waals surface area (Å²) in [4.78, 5) is 57.1. The topological polar surface area (TPSA) is 276 Å². The van der Waals surface area contributed by atoms with Gasteiger partial charge in [0.15, 0.2) is 6.23 Å². The molecule has 0 saturated carbocycles. The molecule has 510 valence electrons. The van der Waals surface area contributed by atoms with Gasteiger partial charge in [0, 0.05) is 46.5 Å². The quantitative estimate of drug-likeness (QED) is 0.0169. The van der Waals surface area contributed by atoms with Crippen molar-refractivity contribution in [1.29, 1.82) is 0 Å². The first kappa shape index (κ1) is 84.3. The molecular weight excluding hydrogens is 1410 g/mol. The number of carboxylic acids is 1. The SMILES string of the molecule is C.COc1ccc(S(=O)(=O)c2ccc(Oc3ccc(C(C)(C)c4ccc(C)c(C)c4)cc3CBr)cc2)cc1.COc1ccc(S(=O)(=O)c2ccc(Oc3ccc(C(C)(C)c4ccc(C)c(C)c4)cc3CC(=O)OC3CCC(=O)N3)cc2)cc1.O=C1CCC(C(=O)O)N1.O=CO[O-].[H-].[K+].[K+]. The molecule has 24 heteroatoms. The van der Waals surface area contributed by atoms with E-state index in [0.29, 0.717) is 65.3 Å². The number of alkyl halides is 1. The van der Waals surface area contributed by atoms with Crippen LogP contribution in [0.25, 0.3) is 0 Å². The summed E-state index contributed by atoms with van der Waals surface area (Å²) in [5, 5.41) is 22.3. The predicted octanol–water partition coefficient (Wildman–Crippen LogP) is 7.28. The van der Waals surface area contributed by atoms with Gasteiger partial charge in [0.25, 0.3) is 6.47 Å². The molecule has 8 aromatic rings. The van der Waals surface area contributed by atoms with Gasteiger partial charge in [-0.05, 0) is 188 Å². The summed E-state index contributed by atoms with van der Waals surface area (Å²) in [7, 11) is -4.33. The molecule has 0 aliphatic carbocycles. The Kier molecular flexibility index (Phi) is 32.8. The molecule has 0 bridgehead atoms. The summed E-state index contributed by atoms with van der Waals surface area (Å²) in [6.07, 6.45) is 0.785. The molecular formula is C74H81BrK2N2O17S2. The van der Waals surface area contributed by atoms with E-state index in [1.165, 1.54) is 64.8 Å². The minimum atomic E-state index is -3.75. The fraction of sp³-hybridized carbons (Fsp3) is 0.284. The third kappa shape index (κ3) is 22.2. The Morgan fingerprint density at radius 2 is 0.898 bits per heavy atom. The Balaban J connectivity index is 0.000000425. The van der Waals surface area contributed by atoms with Crippen molar-refractivity contribution >= 4 is 65.8 Å². The molecule has 2 amide bonds. The van der Waals surface area contributed by atoms with Gasteiger partial charge >= 0.3 is 115 Å². The number of sulfone groups is 2. The second-order valence-electron chi connectivity index (χ2n) is 23.6. The average Bonchev–Trinajstić information content (AvgIpc) is 1.26. The van der Waals surface area contributed by atoms with Crippen molar-refractivity contribution in [2.45, 2.75) is 143 Å². The number of amides is 2. The van der Waals surface area contributed by atoms with Crippen molar-refractivity contribution in [3.8, 4) is 34.5 Å². The monoisotopic (exact) mass is 1490 g/mol. The van der Waals surface area contributed by atoms with Crippen LogP contribution in [0, 0.1) is 27.7 Å². The Bertz CT molecular complexity index is 4300. The summed E-state index contributed by atoms with van der Waals surface area (Å²) in [5.41, 5.74) is 10.6. The van der Waals surface area contributed by atoms with E-state index in [1.54, 1.807) is 79.9 Å². The molecule has 2 aliphatic rings. The van der Waals surface area contributed by atoms with Gasteiger partial charge in [0.05, 0.1) is 40.2 Å². The summed E-state index contributed by atoms with van der Waals surface area (Å²) in [6.45, 7) is 17.0. The van der Waals surface area contributed by atoms with Crippen LogP contribution in [0.5, 0.6) is 34.5 Å². The molecule has 2 aliphatic heterocycles. The number of carboxylic acid groups (broad SMARTS) is 1. The van der Waals surface area contributed by atoms with E-state index in [9.17, 15) is 36.0 Å². The fourth-order valence-electron chi connectivity index (χ4n) is 10.2. The number of carbonyl (C=O) groups is 5. The van der Waals surface area contributed by atoms with Crippen LogP contribution in [0.3, 0.4) is 0 Å². The number of aliphatic carboxylic acids is 1. The number of ether oxygens (including phenoxy) is 5. The molecule has 0 radical (unpaired) electrons. The summed E-state index contributed by atoms with van der Waals surface area (Å²) in [5.74, 6) is 1.56. The average molecular weight is 1490 g/mol. The van der Waals surface area contributed by atoms with E-state index in [0.717, 1.165) is 22.4 Å². The minimum absolute atomic E-state index is 0. The maximum atomic E-state index is 13.2. The number of benzene rings is 8. The Morgan fingerprint density at radius 1 is 0.551 bits per heavy atom. The Morgan fingerprint density at radius 3 is 1.21 bits per heavy atom. The molecule has 0 spiro atoms. The molecule has 2 unspecified atom stereocenters. The molecule has 10 rings (SSSR count). The van der Waals surface area contributed by atoms with Crippen molar-refractivity contribution in [1.82, 2.24) is 10.6 Å². The molecule has 3 N–H and O–H groups in total. The number of esters is 1. The summed E-state index contributed by atoms with van der Waals surface area (Å²) in [6, 6.07) is 49.6. The number of hydrogen-bond acceptors (Lipinski definition) is 16. The maximum absolute atomic E-state index is 13.2. The van der Waals surface area contributed by atoms with Gasteiger partial charge in [-0.15, -0.1) is 0 Å². The normalized spacial score (nSPS) is 13.9. The number of carbonyl (C=O) groups excluding carboxylic acids is 4. The first-order valence-corrected chi connectivity index (χ1v) is 34.2. The first-order valence-electron chi connectivity index (χ1n) is 30.1. The molecule has 2 fully saturated rings. The minimum Gasteiger partial charge on any atom is -1.00 e. The van der Waals surface area contributed by atoms with E-state index in [2.05, 4.69) is 135 Å². The summed E-state index contributed by atoms with van der Waals surface area (Å²) >= 11 is 3.61. The second kappa shape index (κ2) is 38.1. The van der Waals surface area contributed by atoms with Crippen LogP contribution in [0.1, 0.15) is 118 Å². The van der Waals surface area contributed by atoms with E-state index in [1.807, 2.05) is 24.3 Å². The number of rotatable bonds is 20. The molecule has 2 atom stereocenters. The van der Waals surface area contributed by atoms with Crippen molar-refractivity contribution in [2.75, 3.05) is 14.2 Å². The van der Waals surface area contributed by atoms with Crippen molar-refractivity contribution < 1.29 is 184 Å². The van der Waals surface area contributed by atoms with Crippen molar-refractivity contribution in [3.05, 3.63) is 225 Å². The van der Waals surface area contributed by atoms with Gasteiger partial charge in [0.2, 0.25) is 31.5 Å². The van der Waals surface area contributed by atoms with Crippen LogP contribution in [0.2, 0.25) is 0 Å². The van der Waals surface area contributed by atoms with Crippen molar-refractivity contribution in [2.24, 2.45) is 0 Å². The van der Waals surface area contributed by atoms with Gasteiger partial charge < -0.3 is 51.0 Å². The molecule has 0 aromatic heterocycles. The third-order valence-corrected chi connectivity index (χ3v) is 20.7. The number of aryl methyl sites for hydroxylation is 4. The number of nitrogens with one attached hydrogen (secondary N) is 2. The van der Waals surface area contributed by atoms with E-state index < -0.39 is 43.9 Å². The van der Waals surface area contributed by atoms with E-state index >= 15 is 0 Å². The van der Waals surface area contributed by atoms with Gasteiger partial charge in [-0.2, -0.15) is 0 Å². The Labute approximate surface area is 669 Å². The van der Waals surface area contributed by atoms with Crippen LogP contribution in [-0.4, -0.2) is 78.7 Å². The van der Waals surface area contributed by atoms with Gasteiger partial charge in [-0.1, -0.05) is 112 Å². The maximum Gasteiger partial charge on any atom is 1.00 e. The number of hydrogen-bond donors (Lipinski definition) is 3. The fourth-order valence-corrected chi connectivity index (χ4v) is 13.2. The van der Waals surface area contributed by atoms with Gasteiger partial charge in [0.1, 0.15) is 40.5 Å². The van der Waals surface area contributed by atoms with Crippen molar-refractivity contribution in [3.63, 3.8) is 0 Å². The zero-order chi connectivity index (χ0) is 69.4. The molecule has 98 heavy (non-hydrogen) atoms. The zero-order valence-electron chi connectivity index (χ0n) is 57.3.